The number of rotatable bonds is 5. The van der Waals surface area contributed by atoms with E-state index in [1.165, 1.54) is 6.33 Å². The normalized spacial score (nSPS) is 13.2. The Balaban J connectivity index is 2.07. The zero-order valence-electron chi connectivity index (χ0n) is 11.0. The number of nitrogens with zero attached hydrogens (tertiary/aromatic N) is 5. The third-order valence-corrected chi connectivity index (χ3v) is 2.72. The van der Waals surface area contributed by atoms with Crippen molar-refractivity contribution >= 4 is 0 Å². The lowest BCUT2D eigenvalue weighted by Gasteiger charge is -2.11. The number of hydrogen-bond donors (Lipinski definition) is 1. The first-order valence-corrected chi connectivity index (χ1v) is 6.09. The van der Waals surface area contributed by atoms with E-state index in [2.05, 4.69) is 29.0 Å². The molecule has 0 aliphatic carbocycles. The molecule has 0 aliphatic heterocycles. The summed E-state index contributed by atoms with van der Waals surface area (Å²) in [7, 11) is 1.83. The molecule has 0 aromatic carbocycles. The highest BCUT2D eigenvalue weighted by atomic mass is 16.3. The summed E-state index contributed by atoms with van der Waals surface area (Å²) < 4.78 is 3.53. The first-order chi connectivity index (χ1) is 8.56. The summed E-state index contributed by atoms with van der Waals surface area (Å²) in [5.41, 5.74) is 0.802. The monoisotopic (exact) mass is 249 g/mol. The largest absolute Gasteiger partial charge is 0.388 e. The Morgan fingerprint density at radius 1 is 1.33 bits per heavy atom. The molecule has 2 rings (SSSR count). The fraction of sp³-hybridized carbons (Fsp3) is 0.583. The Morgan fingerprint density at radius 2 is 2.11 bits per heavy atom. The van der Waals surface area contributed by atoms with Crippen molar-refractivity contribution in [2.75, 3.05) is 0 Å². The standard InChI is InChI=1S/C12H19N5O/c1-9(2)6-17-12(13-8-15-17)4-11(18)10-5-14-16(3)7-10/h5,7-9,11,18H,4,6H2,1-3H3. The molecule has 1 N–H and O–H groups in total. The lowest BCUT2D eigenvalue weighted by atomic mass is 10.1. The molecule has 0 radical (unpaired) electrons. The average molecular weight is 249 g/mol. The van der Waals surface area contributed by atoms with E-state index < -0.39 is 6.10 Å². The summed E-state index contributed by atoms with van der Waals surface area (Å²) in [6.45, 7) is 5.07. The fourth-order valence-electron chi connectivity index (χ4n) is 1.85. The second-order valence-corrected chi connectivity index (χ2v) is 4.92. The smallest absolute Gasteiger partial charge is 0.138 e. The van der Waals surface area contributed by atoms with Crippen molar-refractivity contribution < 1.29 is 5.11 Å². The Morgan fingerprint density at radius 3 is 2.72 bits per heavy atom. The molecule has 2 aromatic rings. The van der Waals surface area contributed by atoms with Crippen molar-refractivity contribution in [3.8, 4) is 0 Å². The number of aliphatic hydroxyl groups excluding tert-OH is 1. The van der Waals surface area contributed by atoms with Crippen molar-refractivity contribution in [1.82, 2.24) is 24.5 Å². The van der Waals surface area contributed by atoms with Crippen molar-refractivity contribution in [3.05, 3.63) is 30.1 Å². The van der Waals surface area contributed by atoms with Crippen LogP contribution < -0.4 is 0 Å². The lowest BCUT2D eigenvalue weighted by molar-refractivity contribution is 0.173. The van der Waals surface area contributed by atoms with Crippen molar-refractivity contribution in [1.29, 1.82) is 0 Å². The third kappa shape index (κ3) is 2.95. The van der Waals surface area contributed by atoms with Crippen LogP contribution >= 0.6 is 0 Å². The van der Waals surface area contributed by atoms with Gasteiger partial charge in [-0.2, -0.15) is 10.2 Å². The van der Waals surface area contributed by atoms with Crippen molar-refractivity contribution in [2.45, 2.75) is 32.9 Å². The van der Waals surface area contributed by atoms with Gasteiger partial charge in [-0.25, -0.2) is 9.67 Å². The van der Waals surface area contributed by atoms with Crippen molar-refractivity contribution in [2.24, 2.45) is 13.0 Å². The van der Waals surface area contributed by atoms with Crippen LogP contribution in [0.4, 0.5) is 0 Å². The Bertz CT molecular complexity index is 502. The van der Waals surface area contributed by atoms with Gasteiger partial charge in [0.1, 0.15) is 12.2 Å². The van der Waals surface area contributed by atoms with E-state index in [1.54, 1.807) is 10.9 Å². The average Bonchev–Trinajstić information content (AvgIpc) is 2.88. The van der Waals surface area contributed by atoms with E-state index in [0.29, 0.717) is 12.3 Å². The maximum absolute atomic E-state index is 10.1. The molecule has 1 atom stereocenters. The summed E-state index contributed by atoms with van der Waals surface area (Å²) in [4.78, 5) is 4.21. The molecule has 0 aliphatic rings. The van der Waals surface area contributed by atoms with Crippen LogP contribution in [-0.2, 0) is 20.0 Å². The molecule has 0 saturated carbocycles. The van der Waals surface area contributed by atoms with Gasteiger partial charge in [0.25, 0.3) is 0 Å². The third-order valence-electron chi connectivity index (χ3n) is 2.72. The highest BCUT2D eigenvalue weighted by Crippen LogP contribution is 2.16. The molecule has 18 heavy (non-hydrogen) atoms. The molecule has 0 fully saturated rings. The highest BCUT2D eigenvalue weighted by molar-refractivity contribution is 5.09. The Kier molecular flexibility index (Phi) is 3.76. The minimum Gasteiger partial charge on any atom is -0.388 e. The zero-order chi connectivity index (χ0) is 13.1. The molecule has 6 heteroatoms. The topological polar surface area (TPSA) is 68.8 Å². The minimum atomic E-state index is -0.589. The van der Waals surface area contributed by atoms with Gasteiger partial charge in [-0.15, -0.1) is 0 Å². The first-order valence-electron chi connectivity index (χ1n) is 6.09. The van der Waals surface area contributed by atoms with Crippen LogP contribution in [0.2, 0.25) is 0 Å². The minimum absolute atomic E-state index is 0.457. The van der Waals surface area contributed by atoms with Gasteiger partial charge in [-0.1, -0.05) is 13.8 Å². The van der Waals surface area contributed by atoms with Gasteiger partial charge in [0.05, 0.1) is 12.3 Å². The predicted octanol–water partition coefficient (Wildman–Crippen LogP) is 0.944. The van der Waals surface area contributed by atoms with E-state index in [4.69, 9.17) is 0 Å². The van der Waals surface area contributed by atoms with Crippen LogP contribution in [0.3, 0.4) is 0 Å². The van der Waals surface area contributed by atoms with Gasteiger partial charge in [-0.05, 0) is 5.92 Å². The first kappa shape index (κ1) is 12.8. The lowest BCUT2D eigenvalue weighted by Crippen LogP contribution is -2.13. The molecular weight excluding hydrogens is 230 g/mol. The van der Waals surface area contributed by atoms with E-state index in [9.17, 15) is 5.11 Å². The number of aryl methyl sites for hydroxylation is 1. The summed E-state index contributed by atoms with van der Waals surface area (Å²) >= 11 is 0. The predicted molar refractivity (Wildman–Crippen MR) is 66.7 cm³/mol. The highest BCUT2D eigenvalue weighted by Gasteiger charge is 2.15. The van der Waals surface area contributed by atoms with Crippen molar-refractivity contribution in [3.63, 3.8) is 0 Å². The molecule has 98 valence electrons. The summed E-state index contributed by atoms with van der Waals surface area (Å²) in [5, 5.41) is 18.4. The fourth-order valence-corrected chi connectivity index (χ4v) is 1.85. The maximum atomic E-state index is 10.1. The van der Waals surface area contributed by atoms with Crippen LogP contribution in [0, 0.1) is 5.92 Å². The van der Waals surface area contributed by atoms with Gasteiger partial charge in [-0.3, -0.25) is 4.68 Å². The van der Waals surface area contributed by atoms with Crippen LogP contribution in [-0.4, -0.2) is 29.7 Å². The van der Waals surface area contributed by atoms with Gasteiger partial charge in [0, 0.05) is 31.8 Å². The zero-order valence-corrected chi connectivity index (χ0v) is 11.0. The molecule has 0 spiro atoms. The maximum Gasteiger partial charge on any atom is 0.138 e. The van der Waals surface area contributed by atoms with Gasteiger partial charge < -0.3 is 5.11 Å². The Labute approximate surface area is 106 Å². The van der Waals surface area contributed by atoms with E-state index >= 15 is 0 Å². The summed E-state index contributed by atoms with van der Waals surface area (Å²) in [6.07, 6.45) is 4.89. The molecular formula is C12H19N5O. The second-order valence-electron chi connectivity index (χ2n) is 4.92. The van der Waals surface area contributed by atoms with Gasteiger partial charge in [0.15, 0.2) is 0 Å². The Hall–Kier alpha value is -1.69. The SMILES string of the molecule is CC(C)Cn1ncnc1CC(O)c1cnn(C)c1. The van der Waals surface area contributed by atoms with E-state index in [-0.39, 0.29) is 0 Å². The van der Waals surface area contributed by atoms with Gasteiger partial charge >= 0.3 is 0 Å². The quantitative estimate of drug-likeness (QED) is 0.856. The molecule has 0 amide bonds. The molecule has 2 heterocycles. The molecule has 0 saturated heterocycles. The van der Waals surface area contributed by atoms with Crippen LogP contribution in [0.1, 0.15) is 31.3 Å². The van der Waals surface area contributed by atoms with Crippen LogP contribution in [0.5, 0.6) is 0 Å². The van der Waals surface area contributed by atoms with E-state index in [1.807, 2.05) is 17.9 Å². The number of aliphatic hydroxyl groups is 1. The molecule has 1 unspecified atom stereocenters. The summed E-state index contributed by atoms with van der Waals surface area (Å²) in [5.74, 6) is 1.31. The second kappa shape index (κ2) is 5.30. The molecule has 2 aromatic heterocycles. The van der Waals surface area contributed by atoms with E-state index in [0.717, 1.165) is 17.9 Å². The van der Waals surface area contributed by atoms with Gasteiger partial charge in [0.2, 0.25) is 0 Å². The summed E-state index contributed by atoms with van der Waals surface area (Å²) in [6, 6.07) is 0. The van der Waals surface area contributed by atoms with Crippen LogP contribution in [0.15, 0.2) is 18.7 Å². The molecule has 6 nitrogen and oxygen atoms in total. The molecule has 0 bridgehead atoms. The number of hydrogen-bond acceptors (Lipinski definition) is 4. The number of aromatic nitrogens is 5. The van der Waals surface area contributed by atoms with Crippen LogP contribution in [0.25, 0.3) is 0 Å².